The molecule has 3 aliphatic heterocycles. The number of pyridine rings is 1. The molecule has 2 aromatic carbocycles. The van der Waals surface area contributed by atoms with Crippen LogP contribution in [0.1, 0.15) is 73.9 Å². The number of methoxy groups -OCH3 is 1. The van der Waals surface area contributed by atoms with Crippen molar-refractivity contribution in [2.45, 2.75) is 76.3 Å². The van der Waals surface area contributed by atoms with Gasteiger partial charge in [-0.2, -0.15) is 0 Å². The number of hydrazine groups is 2. The maximum Gasteiger partial charge on any atom is 0.337 e. The second kappa shape index (κ2) is 15.8. The van der Waals surface area contributed by atoms with Crippen molar-refractivity contribution in [1.29, 1.82) is 0 Å². The Morgan fingerprint density at radius 2 is 1.96 bits per heavy atom. The van der Waals surface area contributed by atoms with Crippen LogP contribution in [0.3, 0.4) is 0 Å². The molecule has 2 bridgehead atoms. The van der Waals surface area contributed by atoms with Crippen LogP contribution < -0.4 is 30.5 Å². The highest BCUT2D eigenvalue weighted by atomic mass is 35.5. The van der Waals surface area contributed by atoms with E-state index in [9.17, 15) is 18.0 Å². The summed E-state index contributed by atoms with van der Waals surface area (Å²) in [6.45, 7) is 4.98. The summed E-state index contributed by atoms with van der Waals surface area (Å²) in [6.07, 6.45) is 9.98. The zero-order valence-electron chi connectivity index (χ0n) is 30.7. The van der Waals surface area contributed by atoms with Crippen LogP contribution in [-0.4, -0.2) is 56.3 Å². The van der Waals surface area contributed by atoms with Gasteiger partial charge in [0.05, 0.1) is 28.6 Å². The molecule has 54 heavy (non-hydrogen) atoms. The van der Waals surface area contributed by atoms with Crippen molar-refractivity contribution in [1.82, 2.24) is 15.2 Å². The molecule has 4 aliphatic rings. The molecule has 3 N–H and O–H groups in total. The Hall–Kier alpha value is -4.37. The number of rotatable bonds is 4. The third kappa shape index (κ3) is 7.88. The van der Waals surface area contributed by atoms with E-state index >= 15 is 0 Å². The van der Waals surface area contributed by atoms with Gasteiger partial charge in [0, 0.05) is 37.0 Å². The van der Waals surface area contributed by atoms with Gasteiger partial charge in [-0.25, -0.2) is 22.9 Å². The quantitative estimate of drug-likeness (QED) is 0.262. The van der Waals surface area contributed by atoms with E-state index < -0.39 is 32.8 Å². The molecular formula is C39H47ClN6O7S. The van der Waals surface area contributed by atoms with Gasteiger partial charge in [0.25, 0.3) is 5.91 Å². The standard InChI is InChI=1S/C39H47ClN6O7S/c1-25-8-6-17-39(51-3,22-36(47)53-46-37-33(42-44-46)10-7-18-41-37)32-15-12-29(32)23-45-19-5-4-9-27-20-31(40)14-11-30(27)24-52-35-16-13-28(21-34(35)45)38(48)43-54(49,50)26(25)2/h6-7,10-11,13-14,16-18,20-21,25-26,29,32,42,44H,4-5,8-9,12,15,19,22-24H2,1-3H3,(H,43,48)/b17-6+/t25-,26+,29-,32+,39+/m0/s1. The maximum absolute atomic E-state index is 13.8. The van der Waals surface area contributed by atoms with E-state index in [4.69, 9.17) is 25.9 Å². The third-order valence-corrected chi connectivity index (χ3v) is 13.6. The zero-order chi connectivity index (χ0) is 38.0. The number of carbonyl (C=O) groups is 2. The summed E-state index contributed by atoms with van der Waals surface area (Å²) in [5.41, 5.74) is 8.47. The van der Waals surface area contributed by atoms with Crippen molar-refractivity contribution in [2.24, 2.45) is 17.8 Å². The number of sulfonamides is 1. The number of hydrogen-bond acceptors (Lipinski definition) is 12. The number of benzene rings is 2. The van der Waals surface area contributed by atoms with Gasteiger partial charge in [-0.3, -0.25) is 10.2 Å². The number of anilines is 3. The highest BCUT2D eigenvalue weighted by molar-refractivity contribution is 7.90. The van der Waals surface area contributed by atoms with E-state index in [0.717, 1.165) is 43.2 Å². The molecule has 0 spiro atoms. The van der Waals surface area contributed by atoms with Gasteiger partial charge in [-0.05, 0) is 117 Å². The lowest BCUT2D eigenvalue weighted by Gasteiger charge is -2.49. The van der Waals surface area contributed by atoms with Crippen LogP contribution in [0.15, 0.2) is 66.9 Å². The van der Waals surface area contributed by atoms with Crippen molar-refractivity contribution in [3.05, 3.63) is 88.6 Å². The van der Waals surface area contributed by atoms with Crippen LogP contribution in [0, 0.1) is 17.8 Å². The lowest BCUT2D eigenvalue weighted by atomic mass is 9.63. The average Bonchev–Trinajstić information content (AvgIpc) is 3.53. The summed E-state index contributed by atoms with van der Waals surface area (Å²) in [5.74, 6) is -0.548. The monoisotopic (exact) mass is 778 g/mol. The maximum atomic E-state index is 13.8. The molecular weight excluding hydrogens is 732 g/mol. The molecule has 15 heteroatoms. The molecule has 0 radical (unpaired) electrons. The lowest BCUT2D eigenvalue weighted by Crippen LogP contribution is -2.52. The predicted molar refractivity (Wildman–Crippen MR) is 206 cm³/mol. The molecule has 1 fully saturated rings. The van der Waals surface area contributed by atoms with Gasteiger partial charge in [0.15, 0.2) is 0 Å². The van der Waals surface area contributed by atoms with Gasteiger partial charge in [0.2, 0.25) is 15.8 Å². The fourth-order valence-corrected chi connectivity index (χ4v) is 9.39. The first kappa shape index (κ1) is 37.9. The number of fused-ring (bicyclic) bond motifs is 4. The molecule has 7 rings (SSSR count). The largest absolute Gasteiger partial charge is 0.487 e. The molecule has 13 nitrogen and oxygen atoms in total. The Balaban J connectivity index is 1.24. The number of ether oxygens (including phenoxy) is 2. The molecule has 4 heterocycles. The van der Waals surface area contributed by atoms with Crippen LogP contribution in [0.4, 0.5) is 17.2 Å². The Kier molecular flexibility index (Phi) is 11.1. The number of allylic oxidation sites excluding steroid dienone is 1. The van der Waals surface area contributed by atoms with Gasteiger partial charge >= 0.3 is 5.97 Å². The fourth-order valence-electron chi connectivity index (χ4n) is 7.91. The van der Waals surface area contributed by atoms with Crippen LogP contribution in [0.25, 0.3) is 0 Å². The predicted octanol–water partition coefficient (Wildman–Crippen LogP) is 6.11. The zero-order valence-corrected chi connectivity index (χ0v) is 32.3. The summed E-state index contributed by atoms with van der Waals surface area (Å²) in [7, 11) is -2.45. The van der Waals surface area contributed by atoms with Crippen molar-refractivity contribution in [3.8, 4) is 5.75 Å². The van der Waals surface area contributed by atoms with Gasteiger partial charge in [0.1, 0.15) is 12.4 Å². The van der Waals surface area contributed by atoms with E-state index in [2.05, 4.69) is 25.6 Å². The number of amides is 1. The Bertz CT molecular complexity index is 2030. The second-order valence-corrected chi connectivity index (χ2v) is 17.2. The van der Waals surface area contributed by atoms with Gasteiger partial charge < -0.3 is 19.2 Å². The number of carbonyl (C=O) groups excluding carboxylic acids is 2. The summed E-state index contributed by atoms with van der Waals surface area (Å²) < 4.78 is 42.3. The third-order valence-electron chi connectivity index (χ3n) is 11.4. The Morgan fingerprint density at radius 1 is 1.11 bits per heavy atom. The molecule has 1 saturated carbocycles. The number of aryl methyl sites for hydroxylation is 1. The minimum Gasteiger partial charge on any atom is -0.487 e. The van der Waals surface area contributed by atoms with Crippen molar-refractivity contribution < 1.29 is 32.3 Å². The summed E-state index contributed by atoms with van der Waals surface area (Å²) >= 11 is 6.38. The highest BCUT2D eigenvalue weighted by Crippen LogP contribution is 2.48. The smallest absolute Gasteiger partial charge is 0.337 e. The molecule has 0 unspecified atom stereocenters. The minimum atomic E-state index is -4.05. The van der Waals surface area contributed by atoms with E-state index in [1.165, 1.54) is 5.17 Å². The van der Waals surface area contributed by atoms with E-state index in [-0.39, 0.29) is 29.7 Å². The number of hydrogen-bond donors (Lipinski definition) is 3. The molecule has 3 aromatic rings. The SMILES string of the molecule is CO[C@@]1(CC(=O)ON2NNc3cccnc32)/C=C/C[C@H](C)[C@@H](C)S(=O)(=O)NC(=O)c2ccc3c(c2)N(CCCCc2cc(Cl)ccc2CO3)C[C@@H]2CC[C@H]21. The molecule has 288 valence electrons. The van der Waals surface area contributed by atoms with E-state index in [0.29, 0.717) is 54.1 Å². The van der Waals surface area contributed by atoms with Gasteiger partial charge in [-0.1, -0.05) is 41.9 Å². The first-order chi connectivity index (χ1) is 26.0. The van der Waals surface area contributed by atoms with Crippen LogP contribution in [-0.2, 0) is 37.4 Å². The van der Waals surface area contributed by atoms with Crippen molar-refractivity contribution in [2.75, 3.05) is 35.7 Å². The highest BCUT2D eigenvalue weighted by Gasteiger charge is 2.49. The first-order valence-corrected chi connectivity index (χ1v) is 20.4. The van der Waals surface area contributed by atoms with Crippen LogP contribution in [0.5, 0.6) is 5.75 Å². The molecule has 1 aromatic heterocycles. The fraction of sp³-hybridized carbons (Fsp3) is 0.462. The molecule has 0 saturated heterocycles. The van der Waals surface area contributed by atoms with Crippen LogP contribution in [0.2, 0.25) is 5.02 Å². The van der Waals surface area contributed by atoms with Crippen molar-refractivity contribution in [3.63, 3.8) is 0 Å². The second-order valence-electron chi connectivity index (χ2n) is 14.7. The van der Waals surface area contributed by atoms with E-state index in [1.54, 1.807) is 44.5 Å². The number of halogens is 1. The Morgan fingerprint density at radius 3 is 2.76 bits per heavy atom. The number of nitrogens with one attached hydrogen (secondary N) is 3. The first-order valence-electron chi connectivity index (χ1n) is 18.5. The van der Waals surface area contributed by atoms with E-state index in [1.807, 2.05) is 43.3 Å². The normalized spacial score (nSPS) is 27.3. The topological polar surface area (TPSA) is 151 Å². The van der Waals surface area contributed by atoms with Crippen LogP contribution >= 0.6 is 11.6 Å². The summed E-state index contributed by atoms with van der Waals surface area (Å²) in [6, 6.07) is 14.5. The summed E-state index contributed by atoms with van der Waals surface area (Å²) in [4.78, 5) is 39.7. The number of nitrogens with zero attached hydrogens (tertiary/aromatic N) is 3. The minimum absolute atomic E-state index is 0.0776. The van der Waals surface area contributed by atoms with Crippen molar-refractivity contribution >= 4 is 50.7 Å². The Labute approximate surface area is 321 Å². The lowest BCUT2D eigenvalue weighted by molar-refractivity contribution is -0.157. The summed E-state index contributed by atoms with van der Waals surface area (Å²) in [5, 5.41) is 0.984. The number of aromatic nitrogens is 1. The molecule has 1 amide bonds. The van der Waals surface area contributed by atoms with Gasteiger partial charge in [-0.15, -0.1) is 5.53 Å². The molecule has 1 aliphatic carbocycles. The average molecular weight is 779 g/mol. The molecule has 5 atom stereocenters.